The summed E-state index contributed by atoms with van der Waals surface area (Å²) in [7, 11) is 1.49. The molecular formula is C12H12ClNO3. The van der Waals surface area contributed by atoms with Crippen LogP contribution in [0.2, 0.25) is 0 Å². The van der Waals surface area contributed by atoms with Crippen LogP contribution in [-0.4, -0.2) is 19.3 Å². The van der Waals surface area contributed by atoms with Crippen LogP contribution in [0.15, 0.2) is 34.9 Å². The van der Waals surface area contributed by atoms with Gasteiger partial charge in [-0.05, 0) is 19.1 Å². The zero-order valence-electron chi connectivity index (χ0n) is 9.49. The average molecular weight is 254 g/mol. The summed E-state index contributed by atoms with van der Waals surface area (Å²) >= 11 is 5.63. The Labute approximate surface area is 104 Å². The van der Waals surface area contributed by atoms with Crippen molar-refractivity contribution in [3.8, 4) is 5.75 Å². The van der Waals surface area contributed by atoms with Crippen LogP contribution in [0.4, 0.5) is 5.69 Å². The molecule has 0 fully saturated rings. The molecule has 17 heavy (non-hydrogen) atoms. The molecule has 5 heteroatoms. The van der Waals surface area contributed by atoms with Crippen LogP contribution in [0.1, 0.15) is 6.92 Å². The minimum Gasteiger partial charge on any atom is -0.495 e. The zero-order chi connectivity index (χ0) is 12.8. The molecule has 0 heterocycles. The lowest BCUT2D eigenvalue weighted by molar-refractivity contribution is -0.115. The molecule has 1 rings (SSSR count). The van der Waals surface area contributed by atoms with Gasteiger partial charge in [-0.2, -0.15) is 0 Å². The third-order valence-corrected chi connectivity index (χ3v) is 2.29. The van der Waals surface area contributed by atoms with Crippen LogP contribution < -0.4 is 10.1 Å². The second kappa shape index (κ2) is 6.06. The summed E-state index contributed by atoms with van der Waals surface area (Å²) in [5.41, 5.74) is 0.384. The molecule has 0 atom stereocenters. The van der Waals surface area contributed by atoms with Gasteiger partial charge in [-0.1, -0.05) is 23.7 Å². The second-order valence-electron chi connectivity index (χ2n) is 3.22. The molecule has 0 aliphatic carbocycles. The highest BCUT2D eigenvalue weighted by Gasteiger charge is 2.13. The lowest BCUT2D eigenvalue weighted by atomic mass is 10.2. The van der Waals surface area contributed by atoms with Gasteiger partial charge in [0.15, 0.2) is 6.29 Å². The third-order valence-electron chi connectivity index (χ3n) is 2.09. The Morgan fingerprint density at radius 2 is 2.06 bits per heavy atom. The Morgan fingerprint density at radius 1 is 1.41 bits per heavy atom. The van der Waals surface area contributed by atoms with E-state index in [2.05, 4.69) is 5.32 Å². The molecule has 0 spiro atoms. The van der Waals surface area contributed by atoms with Crippen molar-refractivity contribution in [2.75, 3.05) is 12.4 Å². The van der Waals surface area contributed by atoms with Gasteiger partial charge in [-0.15, -0.1) is 0 Å². The number of methoxy groups -OCH3 is 1. The number of carbonyl (C=O) groups excluding carboxylic acids is 2. The smallest absolute Gasteiger partial charge is 0.260 e. The van der Waals surface area contributed by atoms with Gasteiger partial charge in [0.1, 0.15) is 5.75 Å². The summed E-state index contributed by atoms with van der Waals surface area (Å²) in [5, 5.41) is 2.70. The molecule has 0 saturated carbocycles. The third kappa shape index (κ3) is 3.32. The maximum atomic E-state index is 11.7. The molecule has 0 aliphatic heterocycles. The highest BCUT2D eigenvalue weighted by molar-refractivity contribution is 6.35. The zero-order valence-corrected chi connectivity index (χ0v) is 10.2. The van der Waals surface area contributed by atoms with Crippen LogP contribution >= 0.6 is 11.6 Å². The molecule has 1 amide bonds. The number of nitrogens with one attached hydrogen (secondary N) is 1. The van der Waals surface area contributed by atoms with E-state index in [1.807, 2.05) is 0 Å². The first-order chi connectivity index (χ1) is 8.10. The van der Waals surface area contributed by atoms with E-state index < -0.39 is 5.91 Å². The summed E-state index contributed by atoms with van der Waals surface area (Å²) in [6, 6.07) is 6.89. The monoisotopic (exact) mass is 253 g/mol. The maximum absolute atomic E-state index is 11.7. The lowest BCUT2D eigenvalue weighted by Gasteiger charge is -2.09. The largest absolute Gasteiger partial charge is 0.495 e. The fraction of sp³-hybridized carbons (Fsp3) is 0.167. The van der Waals surface area contributed by atoms with Crippen molar-refractivity contribution >= 4 is 29.5 Å². The number of benzene rings is 1. The molecule has 1 N–H and O–H groups in total. The van der Waals surface area contributed by atoms with E-state index in [9.17, 15) is 9.59 Å². The van der Waals surface area contributed by atoms with Crippen molar-refractivity contribution in [3.63, 3.8) is 0 Å². The van der Waals surface area contributed by atoms with Crippen LogP contribution in [0.3, 0.4) is 0 Å². The van der Waals surface area contributed by atoms with Crippen molar-refractivity contribution in [2.24, 2.45) is 0 Å². The molecule has 0 aliphatic rings. The molecule has 0 radical (unpaired) electrons. The molecule has 4 nitrogen and oxygen atoms in total. The van der Waals surface area contributed by atoms with Gasteiger partial charge >= 0.3 is 0 Å². The Bertz CT molecular complexity index is 465. The van der Waals surface area contributed by atoms with Crippen molar-refractivity contribution < 1.29 is 14.3 Å². The standard InChI is InChI=1S/C12H12ClNO3/c1-8(13)9(7-15)12(16)14-10-5-3-4-6-11(10)17-2/h3-7H,1-2H3,(H,14,16). The number of allylic oxidation sites excluding steroid dienone is 1. The second-order valence-corrected chi connectivity index (χ2v) is 3.79. The van der Waals surface area contributed by atoms with E-state index >= 15 is 0 Å². The fourth-order valence-electron chi connectivity index (χ4n) is 1.23. The topological polar surface area (TPSA) is 55.4 Å². The lowest BCUT2D eigenvalue weighted by Crippen LogP contribution is -2.16. The first-order valence-corrected chi connectivity index (χ1v) is 5.24. The van der Waals surface area contributed by atoms with Crippen LogP contribution in [0.5, 0.6) is 5.75 Å². The summed E-state index contributed by atoms with van der Waals surface area (Å²) in [5.74, 6) is -0.0460. The van der Waals surface area contributed by atoms with E-state index in [4.69, 9.17) is 16.3 Å². The van der Waals surface area contributed by atoms with E-state index in [-0.39, 0.29) is 10.6 Å². The number of ether oxygens (including phenoxy) is 1. The Hall–Kier alpha value is -1.81. The first kappa shape index (κ1) is 13.3. The van der Waals surface area contributed by atoms with Crippen molar-refractivity contribution in [3.05, 3.63) is 34.9 Å². The van der Waals surface area contributed by atoms with E-state index in [0.717, 1.165) is 0 Å². The van der Waals surface area contributed by atoms with Crippen molar-refractivity contribution in [1.29, 1.82) is 0 Å². The highest BCUT2D eigenvalue weighted by atomic mass is 35.5. The van der Waals surface area contributed by atoms with Gasteiger partial charge < -0.3 is 10.1 Å². The quantitative estimate of drug-likeness (QED) is 0.388. The van der Waals surface area contributed by atoms with Crippen molar-refractivity contribution in [1.82, 2.24) is 0 Å². The molecule has 0 unspecified atom stereocenters. The van der Waals surface area contributed by atoms with Gasteiger partial charge in [-0.3, -0.25) is 9.59 Å². The summed E-state index contributed by atoms with van der Waals surface area (Å²) in [4.78, 5) is 22.4. The minimum atomic E-state index is -0.558. The SMILES string of the molecule is COc1ccccc1NC(=O)C(C=O)=C(C)Cl. The Kier molecular flexibility index (Phi) is 4.72. The van der Waals surface area contributed by atoms with Crippen LogP contribution in [0, 0.1) is 0 Å². The predicted molar refractivity (Wildman–Crippen MR) is 66.2 cm³/mol. The van der Waals surface area contributed by atoms with E-state index in [1.165, 1.54) is 14.0 Å². The van der Waals surface area contributed by atoms with Gasteiger partial charge in [0.2, 0.25) is 0 Å². The van der Waals surface area contributed by atoms with Crippen LogP contribution in [-0.2, 0) is 9.59 Å². The number of aldehydes is 1. The molecule has 1 aromatic carbocycles. The maximum Gasteiger partial charge on any atom is 0.260 e. The number of halogens is 1. The number of para-hydroxylation sites is 2. The normalized spacial score (nSPS) is 11.5. The molecular weight excluding hydrogens is 242 g/mol. The number of anilines is 1. The van der Waals surface area contributed by atoms with Gasteiger partial charge in [0.25, 0.3) is 5.91 Å². The summed E-state index contributed by atoms with van der Waals surface area (Å²) in [6.45, 7) is 1.48. The van der Waals surface area contributed by atoms with Gasteiger partial charge in [-0.25, -0.2) is 0 Å². The molecule has 1 aromatic rings. The molecule has 90 valence electrons. The van der Waals surface area contributed by atoms with E-state index in [0.29, 0.717) is 17.7 Å². The number of amides is 1. The Balaban J connectivity index is 2.96. The van der Waals surface area contributed by atoms with Crippen LogP contribution in [0.25, 0.3) is 0 Å². The minimum absolute atomic E-state index is 0.0995. The Morgan fingerprint density at radius 3 is 2.59 bits per heavy atom. The fourth-order valence-corrected chi connectivity index (χ4v) is 1.36. The summed E-state index contributed by atoms with van der Waals surface area (Å²) in [6.07, 6.45) is 0.424. The first-order valence-electron chi connectivity index (χ1n) is 4.86. The van der Waals surface area contributed by atoms with Gasteiger partial charge in [0.05, 0.1) is 18.4 Å². The van der Waals surface area contributed by atoms with Gasteiger partial charge in [0, 0.05) is 5.03 Å². The molecule has 0 aromatic heterocycles. The number of hydrogen-bond donors (Lipinski definition) is 1. The number of hydrogen-bond acceptors (Lipinski definition) is 3. The molecule has 0 saturated heterocycles. The van der Waals surface area contributed by atoms with E-state index in [1.54, 1.807) is 24.3 Å². The average Bonchev–Trinajstić information content (AvgIpc) is 2.30. The number of rotatable bonds is 4. The number of carbonyl (C=O) groups is 2. The summed E-state index contributed by atoms with van der Waals surface area (Å²) < 4.78 is 5.07. The van der Waals surface area contributed by atoms with Crippen molar-refractivity contribution in [2.45, 2.75) is 6.92 Å². The highest BCUT2D eigenvalue weighted by Crippen LogP contribution is 2.23. The molecule has 0 bridgehead atoms. The predicted octanol–water partition coefficient (Wildman–Crippen LogP) is 2.35.